The second-order valence-corrected chi connectivity index (χ2v) is 4.30. The number of anilines is 1. The predicted molar refractivity (Wildman–Crippen MR) is 62.8 cm³/mol. The maximum atomic E-state index is 5.45. The van der Waals surface area contributed by atoms with Crippen LogP contribution in [0.2, 0.25) is 0 Å². The van der Waals surface area contributed by atoms with Crippen molar-refractivity contribution in [3.63, 3.8) is 0 Å². The molecule has 0 saturated carbocycles. The number of fused-ring (bicyclic) bond motifs is 1. The number of rotatable bonds is 3. The molecule has 1 saturated heterocycles. The molecule has 2 aromatic heterocycles. The molecule has 0 amide bonds. The third-order valence-corrected chi connectivity index (χ3v) is 3.03. The summed E-state index contributed by atoms with van der Waals surface area (Å²) < 4.78 is 7.30. The fraction of sp³-hybridized carbons (Fsp3) is 0.545. The van der Waals surface area contributed by atoms with Crippen LogP contribution in [0.15, 0.2) is 18.7 Å². The summed E-state index contributed by atoms with van der Waals surface area (Å²) >= 11 is 0. The Bertz CT molecular complexity index is 491. The van der Waals surface area contributed by atoms with E-state index in [1.165, 1.54) is 6.42 Å². The summed E-state index contributed by atoms with van der Waals surface area (Å²) in [6, 6.07) is 0. The van der Waals surface area contributed by atoms with Crippen molar-refractivity contribution in [1.82, 2.24) is 19.6 Å². The number of ether oxygens (including phenoxy) is 1. The molecule has 90 valence electrons. The van der Waals surface area contributed by atoms with Gasteiger partial charge in [-0.05, 0) is 18.8 Å². The minimum atomic E-state index is 0.564. The quantitative estimate of drug-likeness (QED) is 0.855. The predicted octanol–water partition coefficient (Wildman–Crippen LogP) is 0.963. The Balaban J connectivity index is 1.69. The molecule has 1 unspecified atom stereocenters. The van der Waals surface area contributed by atoms with E-state index < -0.39 is 0 Å². The number of aromatic nitrogens is 4. The minimum Gasteiger partial charge on any atom is -0.381 e. The van der Waals surface area contributed by atoms with Gasteiger partial charge in [-0.2, -0.15) is 0 Å². The van der Waals surface area contributed by atoms with Gasteiger partial charge in [-0.3, -0.25) is 4.40 Å². The van der Waals surface area contributed by atoms with Crippen molar-refractivity contribution in [2.75, 3.05) is 25.1 Å². The molecule has 17 heavy (non-hydrogen) atoms. The number of nitrogens with zero attached hydrogens (tertiary/aromatic N) is 4. The van der Waals surface area contributed by atoms with E-state index in [1.54, 1.807) is 12.5 Å². The first-order chi connectivity index (χ1) is 8.43. The van der Waals surface area contributed by atoms with Crippen LogP contribution in [0.3, 0.4) is 0 Å². The largest absolute Gasteiger partial charge is 0.381 e. The fourth-order valence-corrected chi connectivity index (χ4v) is 2.09. The summed E-state index contributed by atoms with van der Waals surface area (Å²) in [6.07, 6.45) is 7.62. The van der Waals surface area contributed by atoms with Crippen molar-refractivity contribution in [2.45, 2.75) is 12.8 Å². The van der Waals surface area contributed by atoms with Crippen LogP contribution in [0.25, 0.3) is 5.65 Å². The van der Waals surface area contributed by atoms with Crippen LogP contribution in [0.1, 0.15) is 12.8 Å². The molecule has 1 fully saturated rings. The average Bonchev–Trinajstić information content (AvgIpc) is 2.86. The van der Waals surface area contributed by atoms with Gasteiger partial charge < -0.3 is 10.1 Å². The summed E-state index contributed by atoms with van der Waals surface area (Å²) in [5.41, 5.74) is 0.768. The van der Waals surface area contributed by atoms with Gasteiger partial charge in [0.05, 0.1) is 6.61 Å². The van der Waals surface area contributed by atoms with Gasteiger partial charge in [0.2, 0.25) is 5.65 Å². The van der Waals surface area contributed by atoms with E-state index in [-0.39, 0.29) is 0 Å². The molecule has 3 rings (SSSR count). The van der Waals surface area contributed by atoms with Crippen LogP contribution in [-0.4, -0.2) is 39.3 Å². The lowest BCUT2D eigenvalue weighted by atomic mass is 10.0. The van der Waals surface area contributed by atoms with Crippen molar-refractivity contribution < 1.29 is 4.74 Å². The van der Waals surface area contributed by atoms with E-state index in [4.69, 9.17) is 4.74 Å². The standard InChI is InChI=1S/C11H15N5O/c1-2-9(7-17-5-1)6-13-10-11-15-14-8-16(11)4-3-12-10/h3-4,8-9H,1-2,5-7H2,(H,12,13). The topological polar surface area (TPSA) is 64.3 Å². The molecule has 1 aliphatic rings. The second kappa shape index (κ2) is 4.67. The number of hydrogen-bond donors (Lipinski definition) is 1. The zero-order valence-electron chi connectivity index (χ0n) is 9.54. The normalized spacial score (nSPS) is 20.6. The van der Waals surface area contributed by atoms with Gasteiger partial charge in [0, 0.05) is 25.5 Å². The van der Waals surface area contributed by atoms with Gasteiger partial charge in [0.15, 0.2) is 5.82 Å². The zero-order chi connectivity index (χ0) is 11.5. The van der Waals surface area contributed by atoms with Crippen molar-refractivity contribution in [3.8, 4) is 0 Å². The third kappa shape index (κ3) is 2.21. The third-order valence-electron chi connectivity index (χ3n) is 3.03. The molecule has 1 N–H and O–H groups in total. The van der Waals surface area contributed by atoms with Crippen LogP contribution >= 0.6 is 0 Å². The molecule has 3 heterocycles. The van der Waals surface area contributed by atoms with E-state index >= 15 is 0 Å². The van der Waals surface area contributed by atoms with Gasteiger partial charge in [0.25, 0.3) is 0 Å². The minimum absolute atomic E-state index is 0.564. The van der Waals surface area contributed by atoms with Crippen LogP contribution in [0, 0.1) is 5.92 Å². The summed E-state index contributed by atoms with van der Waals surface area (Å²) in [6.45, 7) is 2.61. The lowest BCUT2D eigenvalue weighted by Gasteiger charge is -2.22. The maximum absolute atomic E-state index is 5.45. The molecular formula is C11H15N5O. The molecule has 0 aromatic carbocycles. The Labute approximate surface area is 99.0 Å². The fourth-order valence-electron chi connectivity index (χ4n) is 2.09. The molecule has 0 radical (unpaired) electrons. The Morgan fingerprint density at radius 2 is 2.53 bits per heavy atom. The Hall–Kier alpha value is -1.69. The molecular weight excluding hydrogens is 218 g/mol. The molecule has 6 nitrogen and oxygen atoms in total. The van der Waals surface area contributed by atoms with Crippen LogP contribution in [-0.2, 0) is 4.74 Å². The lowest BCUT2D eigenvalue weighted by molar-refractivity contribution is 0.0595. The van der Waals surface area contributed by atoms with Crippen molar-refractivity contribution in [1.29, 1.82) is 0 Å². The summed E-state index contributed by atoms with van der Waals surface area (Å²) in [4.78, 5) is 4.29. The number of nitrogens with one attached hydrogen (secondary N) is 1. The van der Waals surface area contributed by atoms with Crippen molar-refractivity contribution in [2.24, 2.45) is 5.92 Å². The summed E-state index contributed by atoms with van der Waals surface area (Å²) in [5, 5.41) is 11.2. The van der Waals surface area contributed by atoms with Crippen LogP contribution < -0.4 is 5.32 Å². The maximum Gasteiger partial charge on any atom is 0.203 e. The van der Waals surface area contributed by atoms with Gasteiger partial charge in [-0.15, -0.1) is 10.2 Å². The van der Waals surface area contributed by atoms with Crippen molar-refractivity contribution >= 4 is 11.5 Å². The van der Waals surface area contributed by atoms with E-state index in [0.29, 0.717) is 5.92 Å². The Morgan fingerprint density at radius 3 is 3.41 bits per heavy atom. The van der Waals surface area contributed by atoms with Gasteiger partial charge in [0.1, 0.15) is 6.33 Å². The Morgan fingerprint density at radius 1 is 1.53 bits per heavy atom. The Kier molecular flexibility index (Phi) is 2.87. The zero-order valence-corrected chi connectivity index (χ0v) is 9.54. The molecule has 0 aliphatic carbocycles. The smallest absolute Gasteiger partial charge is 0.203 e. The van der Waals surface area contributed by atoms with E-state index in [9.17, 15) is 0 Å². The van der Waals surface area contributed by atoms with Crippen LogP contribution in [0.5, 0.6) is 0 Å². The second-order valence-electron chi connectivity index (χ2n) is 4.30. The highest BCUT2D eigenvalue weighted by molar-refractivity contribution is 5.61. The molecule has 1 aliphatic heterocycles. The van der Waals surface area contributed by atoms with Gasteiger partial charge >= 0.3 is 0 Å². The van der Waals surface area contributed by atoms with Gasteiger partial charge in [-0.25, -0.2) is 4.98 Å². The lowest BCUT2D eigenvalue weighted by Crippen LogP contribution is -2.24. The summed E-state index contributed by atoms with van der Waals surface area (Å²) in [5.74, 6) is 1.35. The highest BCUT2D eigenvalue weighted by Gasteiger charge is 2.14. The van der Waals surface area contributed by atoms with Crippen LogP contribution in [0.4, 0.5) is 5.82 Å². The van der Waals surface area contributed by atoms with Gasteiger partial charge in [-0.1, -0.05) is 0 Å². The monoisotopic (exact) mass is 233 g/mol. The highest BCUT2D eigenvalue weighted by Crippen LogP contribution is 2.15. The first-order valence-electron chi connectivity index (χ1n) is 5.89. The summed E-state index contributed by atoms with van der Waals surface area (Å²) in [7, 11) is 0. The molecule has 0 spiro atoms. The molecule has 6 heteroatoms. The highest BCUT2D eigenvalue weighted by atomic mass is 16.5. The van der Waals surface area contributed by atoms with E-state index in [0.717, 1.165) is 37.6 Å². The average molecular weight is 233 g/mol. The molecule has 1 atom stereocenters. The van der Waals surface area contributed by atoms with Crippen molar-refractivity contribution in [3.05, 3.63) is 18.7 Å². The first kappa shape index (κ1) is 10.5. The molecule has 0 bridgehead atoms. The van der Waals surface area contributed by atoms with E-state index in [1.807, 2.05) is 10.6 Å². The van der Waals surface area contributed by atoms with E-state index in [2.05, 4.69) is 20.5 Å². The first-order valence-corrected chi connectivity index (χ1v) is 5.89. The number of hydrogen-bond acceptors (Lipinski definition) is 5. The molecule has 2 aromatic rings. The SMILES string of the molecule is c1cn2cnnc2c(NCC2CCCOC2)n1.